The molecular formula is C17H26Br2O6. The summed E-state index contributed by atoms with van der Waals surface area (Å²) in [6, 6.07) is 0. The highest BCUT2D eigenvalue weighted by Crippen LogP contribution is 2.29. The van der Waals surface area contributed by atoms with Crippen LogP contribution in [-0.4, -0.2) is 64.4 Å². The van der Waals surface area contributed by atoms with Crippen LogP contribution in [0, 0.1) is 0 Å². The molecule has 0 aromatic carbocycles. The van der Waals surface area contributed by atoms with Crippen molar-refractivity contribution in [3.8, 4) is 0 Å². The average Bonchev–Trinajstić information content (AvgIpc) is 2.58. The Bertz CT molecular complexity index is 452. The second-order valence-corrected chi connectivity index (χ2v) is 8.37. The molecule has 25 heavy (non-hydrogen) atoms. The number of hydrogen-bond acceptors (Lipinski definition) is 6. The first-order valence-electron chi connectivity index (χ1n) is 7.99. The van der Waals surface area contributed by atoms with Gasteiger partial charge in [0, 0.05) is 21.3 Å². The smallest absolute Gasteiger partial charge is 0.187 e. The van der Waals surface area contributed by atoms with Crippen LogP contribution < -0.4 is 0 Å². The predicted molar refractivity (Wildman–Crippen MR) is 102 cm³/mol. The van der Waals surface area contributed by atoms with Crippen LogP contribution >= 0.6 is 31.9 Å². The fourth-order valence-corrected chi connectivity index (χ4v) is 3.20. The van der Waals surface area contributed by atoms with Gasteiger partial charge in [-0.1, -0.05) is 12.2 Å². The van der Waals surface area contributed by atoms with Gasteiger partial charge in [-0.05, 0) is 57.7 Å². The van der Waals surface area contributed by atoms with Gasteiger partial charge in [0.2, 0.25) is 0 Å². The molecular weight excluding hydrogens is 460 g/mol. The van der Waals surface area contributed by atoms with Gasteiger partial charge in [-0.2, -0.15) is 0 Å². The molecule has 1 aliphatic heterocycles. The first-order chi connectivity index (χ1) is 12.0. The molecule has 0 spiro atoms. The Kier molecular flexibility index (Phi) is 11.3. The zero-order valence-electron chi connectivity index (χ0n) is 14.9. The van der Waals surface area contributed by atoms with Crippen molar-refractivity contribution in [1.29, 1.82) is 0 Å². The predicted octanol–water partition coefficient (Wildman–Crippen LogP) is 3.33. The van der Waals surface area contributed by atoms with E-state index in [9.17, 15) is 4.79 Å². The van der Waals surface area contributed by atoms with Crippen molar-refractivity contribution in [2.75, 3.05) is 21.3 Å². The monoisotopic (exact) mass is 484 g/mol. The molecule has 0 aliphatic carbocycles. The highest BCUT2D eigenvalue weighted by molar-refractivity contribution is 9.28. The normalized spacial score (nSPS) is 31.0. The van der Waals surface area contributed by atoms with Crippen LogP contribution in [-0.2, 0) is 28.5 Å². The molecule has 6 nitrogen and oxygen atoms in total. The maximum Gasteiger partial charge on any atom is 0.187 e. The number of carbonyl (C=O) groups excluding carboxylic acids is 1. The van der Waals surface area contributed by atoms with Crippen molar-refractivity contribution in [2.24, 2.45) is 0 Å². The van der Waals surface area contributed by atoms with Gasteiger partial charge in [0.15, 0.2) is 6.29 Å². The van der Waals surface area contributed by atoms with Gasteiger partial charge in [-0.3, -0.25) is 4.79 Å². The fraction of sp³-hybridized carbons (Fsp3) is 0.706. The largest absolute Gasteiger partial charge is 0.376 e. The Labute approximate surface area is 166 Å². The highest BCUT2D eigenvalue weighted by atomic mass is 79.9. The van der Waals surface area contributed by atoms with Gasteiger partial charge in [0.25, 0.3) is 0 Å². The second kappa shape index (κ2) is 12.3. The lowest BCUT2D eigenvalue weighted by atomic mass is 9.99. The van der Waals surface area contributed by atoms with E-state index < -0.39 is 12.4 Å². The van der Waals surface area contributed by atoms with Crippen molar-refractivity contribution in [3.63, 3.8) is 0 Å². The maximum atomic E-state index is 10.5. The first-order valence-corrected chi connectivity index (χ1v) is 9.57. The summed E-state index contributed by atoms with van der Waals surface area (Å²) in [7, 11) is 4.83. The summed E-state index contributed by atoms with van der Waals surface area (Å²) in [4.78, 5) is 10.5. The Balaban J connectivity index is 2.89. The molecule has 0 bridgehead atoms. The minimum absolute atomic E-state index is 0.187. The van der Waals surface area contributed by atoms with Gasteiger partial charge >= 0.3 is 0 Å². The third-order valence-electron chi connectivity index (χ3n) is 4.02. The third-order valence-corrected chi connectivity index (χ3v) is 4.67. The zero-order valence-corrected chi connectivity index (χ0v) is 18.1. The molecule has 0 amide bonds. The van der Waals surface area contributed by atoms with Gasteiger partial charge < -0.3 is 23.7 Å². The topological polar surface area (TPSA) is 63.2 Å². The fourth-order valence-electron chi connectivity index (χ4n) is 2.83. The van der Waals surface area contributed by atoms with Crippen LogP contribution in [0.1, 0.15) is 19.8 Å². The average molecular weight is 486 g/mol. The molecule has 0 unspecified atom stereocenters. The van der Waals surface area contributed by atoms with Crippen molar-refractivity contribution >= 4 is 38.1 Å². The lowest BCUT2D eigenvalue weighted by Gasteiger charge is -2.44. The van der Waals surface area contributed by atoms with E-state index in [-0.39, 0.29) is 24.4 Å². The minimum Gasteiger partial charge on any atom is -0.376 e. The second-order valence-electron chi connectivity index (χ2n) is 5.60. The summed E-state index contributed by atoms with van der Waals surface area (Å²) < 4.78 is 29.6. The van der Waals surface area contributed by atoms with Crippen molar-refractivity contribution in [2.45, 2.75) is 56.6 Å². The Morgan fingerprint density at radius 1 is 1.08 bits per heavy atom. The molecule has 1 saturated heterocycles. The number of carbonyl (C=O) groups is 1. The van der Waals surface area contributed by atoms with E-state index in [1.807, 2.05) is 13.0 Å². The minimum atomic E-state index is -0.603. The van der Waals surface area contributed by atoms with E-state index in [0.29, 0.717) is 12.8 Å². The van der Waals surface area contributed by atoms with E-state index in [1.165, 1.54) is 6.08 Å². The van der Waals surface area contributed by atoms with Crippen LogP contribution in [0.3, 0.4) is 0 Å². The molecule has 0 saturated carbocycles. The number of ether oxygens (including phenoxy) is 5. The van der Waals surface area contributed by atoms with Gasteiger partial charge in [-0.25, -0.2) is 0 Å². The molecule has 144 valence electrons. The van der Waals surface area contributed by atoms with Gasteiger partial charge in [-0.15, -0.1) is 0 Å². The van der Waals surface area contributed by atoms with Gasteiger partial charge in [0.05, 0.1) is 15.6 Å². The number of rotatable bonds is 10. The summed E-state index contributed by atoms with van der Waals surface area (Å²) >= 11 is 6.68. The Morgan fingerprint density at radius 2 is 1.72 bits per heavy atom. The summed E-state index contributed by atoms with van der Waals surface area (Å²) in [5, 5.41) is 0. The van der Waals surface area contributed by atoms with Crippen LogP contribution in [0.4, 0.5) is 0 Å². The van der Waals surface area contributed by atoms with Crippen LogP contribution in [0.25, 0.3) is 0 Å². The van der Waals surface area contributed by atoms with Crippen LogP contribution in [0.15, 0.2) is 21.6 Å². The molecule has 1 heterocycles. The van der Waals surface area contributed by atoms with E-state index in [4.69, 9.17) is 23.7 Å². The molecule has 1 fully saturated rings. The molecule has 8 heteroatoms. The SMILES string of the molecule is CO[C@@H]1[C@@H](OC)[C@H](C)O[C@@H](O[C@H](CC=C(Br)Br)C/C=C/C=O)[C@@H]1OC. The van der Waals surface area contributed by atoms with E-state index in [2.05, 4.69) is 31.9 Å². The van der Waals surface area contributed by atoms with Crippen molar-refractivity contribution in [3.05, 3.63) is 21.6 Å². The molecule has 1 rings (SSSR count). The zero-order chi connectivity index (χ0) is 18.8. The maximum absolute atomic E-state index is 10.5. The molecule has 6 atom stereocenters. The number of halogens is 2. The molecule has 0 aromatic heterocycles. The molecule has 1 aliphatic rings. The molecule has 0 aromatic rings. The Hall–Kier alpha value is -0.0900. The van der Waals surface area contributed by atoms with Crippen LogP contribution in [0.2, 0.25) is 0 Å². The van der Waals surface area contributed by atoms with E-state index in [1.54, 1.807) is 27.4 Å². The lowest BCUT2D eigenvalue weighted by molar-refractivity contribution is -0.314. The number of methoxy groups -OCH3 is 3. The number of allylic oxidation sites excluding steroid dienone is 1. The highest BCUT2D eigenvalue weighted by Gasteiger charge is 2.46. The van der Waals surface area contributed by atoms with Crippen molar-refractivity contribution in [1.82, 2.24) is 0 Å². The van der Waals surface area contributed by atoms with E-state index in [0.717, 1.165) is 9.68 Å². The summed E-state index contributed by atoms with van der Waals surface area (Å²) in [6.45, 7) is 1.92. The standard InChI is InChI=1S/C17H26Br2O6/c1-11-14(21-2)15(22-3)16(23-4)17(24-11)25-12(7-5-6-10-20)8-9-13(18)19/h5-6,9-12,14-17H,7-8H2,1-4H3/b6-5+/t11-,12-,14-,15+,16+,17-/m0/s1. The summed E-state index contributed by atoms with van der Waals surface area (Å²) in [5.74, 6) is 0. The number of aldehydes is 1. The Morgan fingerprint density at radius 3 is 2.24 bits per heavy atom. The quantitative estimate of drug-likeness (QED) is 0.349. The van der Waals surface area contributed by atoms with Crippen molar-refractivity contribution < 1.29 is 28.5 Å². The molecule has 0 radical (unpaired) electrons. The van der Waals surface area contributed by atoms with Gasteiger partial charge in [0.1, 0.15) is 24.6 Å². The number of hydrogen-bond donors (Lipinski definition) is 0. The third kappa shape index (κ3) is 7.21. The lowest BCUT2D eigenvalue weighted by Crippen LogP contribution is -2.59. The van der Waals surface area contributed by atoms with Crippen LogP contribution in [0.5, 0.6) is 0 Å². The molecule has 0 N–H and O–H groups in total. The summed E-state index contributed by atoms with van der Waals surface area (Å²) in [6.07, 6.45) is 5.12. The summed E-state index contributed by atoms with van der Waals surface area (Å²) in [5.41, 5.74) is 0. The van der Waals surface area contributed by atoms with E-state index >= 15 is 0 Å². The first kappa shape index (κ1) is 23.0.